The van der Waals surface area contributed by atoms with Crippen LogP contribution in [0.25, 0.3) is 0 Å². The van der Waals surface area contributed by atoms with Crippen LogP contribution in [0, 0.1) is 5.92 Å². The van der Waals surface area contributed by atoms with E-state index in [9.17, 15) is 22.0 Å². The van der Waals surface area contributed by atoms with Crippen molar-refractivity contribution in [1.82, 2.24) is 9.21 Å². The molecule has 2 heterocycles. The Kier molecular flexibility index (Phi) is 4.84. The van der Waals surface area contributed by atoms with E-state index in [1.54, 1.807) is 6.92 Å². The second kappa shape index (κ2) is 6.13. The van der Waals surface area contributed by atoms with E-state index in [0.29, 0.717) is 19.4 Å². The smallest absolute Gasteiger partial charge is 0.331 e. The second-order valence-electron chi connectivity index (χ2n) is 5.34. The molecule has 0 aromatic carbocycles. The Labute approximate surface area is 123 Å². The fourth-order valence-corrected chi connectivity index (χ4v) is 3.86. The lowest BCUT2D eigenvalue weighted by molar-refractivity contribution is -0.268. The van der Waals surface area contributed by atoms with Crippen LogP contribution in [0.3, 0.4) is 0 Å². The molecule has 2 rings (SSSR count). The number of carbonyl (C=O) groups excluding carboxylic acids is 1. The van der Waals surface area contributed by atoms with Crippen molar-refractivity contribution < 1.29 is 26.7 Å². The van der Waals surface area contributed by atoms with Crippen LogP contribution >= 0.6 is 0 Å². The van der Waals surface area contributed by atoms with Gasteiger partial charge in [-0.1, -0.05) is 0 Å². The molecule has 0 spiro atoms. The van der Waals surface area contributed by atoms with Gasteiger partial charge >= 0.3 is 6.11 Å². The molecule has 0 aromatic rings. The number of piperidine rings is 1. The summed E-state index contributed by atoms with van der Waals surface area (Å²) in [6.07, 6.45) is -2.23. The second-order valence-corrected chi connectivity index (χ2v) is 7.60. The van der Waals surface area contributed by atoms with E-state index in [0.717, 1.165) is 4.90 Å². The number of morpholine rings is 1. The number of hydrogen-bond acceptors (Lipinski definition) is 4. The van der Waals surface area contributed by atoms with Crippen LogP contribution in [0.2, 0.25) is 0 Å². The number of hydrogen-bond donors (Lipinski definition) is 0. The van der Waals surface area contributed by atoms with E-state index in [1.807, 2.05) is 0 Å². The van der Waals surface area contributed by atoms with Crippen LogP contribution in [0.5, 0.6) is 0 Å². The summed E-state index contributed by atoms with van der Waals surface area (Å²) >= 11 is 0. The van der Waals surface area contributed by atoms with Crippen molar-refractivity contribution in [2.75, 3.05) is 38.5 Å². The van der Waals surface area contributed by atoms with Crippen LogP contribution in [0.4, 0.5) is 8.78 Å². The van der Waals surface area contributed by atoms with Crippen molar-refractivity contribution in [3.8, 4) is 0 Å². The highest BCUT2D eigenvalue weighted by Gasteiger charge is 2.41. The van der Waals surface area contributed by atoms with E-state index >= 15 is 0 Å². The van der Waals surface area contributed by atoms with E-state index < -0.39 is 34.5 Å². The van der Waals surface area contributed by atoms with Gasteiger partial charge in [0.2, 0.25) is 15.9 Å². The summed E-state index contributed by atoms with van der Waals surface area (Å²) in [6, 6.07) is 0. The third-order valence-corrected chi connectivity index (χ3v) is 5.70. The molecule has 6 nitrogen and oxygen atoms in total. The molecule has 0 N–H and O–H groups in total. The lowest BCUT2D eigenvalue weighted by atomic mass is 9.98. The zero-order valence-electron chi connectivity index (χ0n) is 11.9. The molecule has 1 unspecified atom stereocenters. The third kappa shape index (κ3) is 3.89. The number of alkyl halides is 2. The summed E-state index contributed by atoms with van der Waals surface area (Å²) in [5, 5.41) is 0. The molecule has 122 valence electrons. The maximum Gasteiger partial charge on any atom is 0.373 e. The average molecular weight is 326 g/mol. The Morgan fingerprint density at radius 3 is 2.71 bits per heavy atom. The van der Waals surface area contributed by atoms with Gasteiger partial charge in [0.15, 0.2) is 0 Å². The highest BCUT2D eigenvalue weighted by atomic mass is 32.2. The SMILES string of the molecule is CCS(=O)(=O)N1CCCC(C(=O)N2CCOC(F)(F)C2)C1. The van der Waals surface area contributed by atoms with Crippen molar-refractivity contribution in [1.29, 1.82) is 0 Å². The zero-order chi connectivity index (χ0) is 15.7. The van der Waals surface area contributed by atoms with Crippen LogP contribution < -0.4 is 0 Å². The van der Waals surface area contributed by atoms with Gasteiger partial charge in [-0.25, -0.2) is 12.7 Å². The number of amides is 1. The molecule has 0 radical (unpaired) electrons. The Morgan fingerprint density at radius 2 is 2.10 bits per heavy atom. The molecule has 0 aliphatic carbocycles. The third-order valence-electron chi connectivity index (χ3n) is 3.85. The molecule has 1 atom stereocenters. The van der Waals surface area contributed by atoms with Gasteiger partial charge in [-0.3, -0.25) is 4.79 Å². The number of halogens is 2. The number of sulfonamides is 1. The van der Waals surface area contributed by atoms with Gasteiger partial charge in [0.1, 0.15) is 6.54 Å². The molecule has 0 bridgehead atoms. The van der Waals surface area contributed by atoms with Gasteiger partial charge in [-0.2, -0.15) is 8.78 Å². The summed E-state index contributed by atoms with van der Waals surface area (Å²) in [7, 11) is -3.35. The van der Waals surface area contributed by atoms with Gasteiger partial charge in [0.25, 0.3) is 0 Å². The minimum atomic E-state index is -3.35. The Balaban J connectivity index is 2.02. The van der Waals surface area contributed by atoms with E-state index in [1.165, 1.54) is 4.31 Å². The first-order valence-electron chi connectivity index (χ1n) is 7.03. The first-order valence-corrected chi connectivity index (χ1v) is 8.64. The summed E-state index contributed by atoms with van der Waals surface area (Å²) < 4.78 is 55.7. The zero-order valence-corrected chi connectivity index (χ0v) is 12.7. The standard InChI is InChI=1S/C12H20F2N2O4S/c1-2-21(18,19)16-5-3-4-10(8-16)11(17)15-6-7-20-12(13,14)9-15/h10H,2-9H2,1H3. The van der Waals surface area contributed by atoms with Gasteiger partial charge in [-0.15, -0.1) is 0 Å². The molecule has 2 saturated heterocycles. The molecule has 2 aliphatic heterocycles. The minimum absolute atomic E-state index is 0.0243. The number of nitrogens with zero attached hydrogens (tertiary/aromatic N) is 2. The maximum absolute atomic E-state index is 13.2. The molecule has 2 aliphatic rings. The molecule has 0 saturated carbocycles. The van der Waals surface area contributed by atoms with Crippen molar-refractivity contribution in [3.63, 3.8) is 0 Å². The molecular formula is C12H20F2N2O4S. The lowest BCUT2D eigenvalue weighted by Crippen LogP contribution is -2.53. The molecule has 0 aromatic heterocycles. The fourth-order valence-electron chi connectivity index (χ4n) is 2.68. The molecule has 9 heteroatoms. The maximum atomic E-state index is 13.2. The van der Waals surface area contributed by atoms with Crippen LogP contribution in [0.1, 0.15) is 19.8 Å². The van der Waals surface area contributed by atoms with E-state index in [4.69, 9.17) is 0 Å². The van der Waals surface area contributed by atoms with E-state index in [-0.39, 0.29) is 25.4 Å². The summed E-state index contributed by atoms with van der Waals surface area (Å²) in [5.41, 5.74) is 0. The predicted molar refractivity (Wildman–Crippen MR) is 71.2 cm³/mol. The van der Waals surface area contributed by atoms with Crippen molar-refractivity contribution in [2.45, 2.75) is 25.9 Å². The fraction of sp³-hybridized carbons (Fsp3) is 0.917. The normalized spacial score (nSPS) is 27.6. The van der Waals surface area contributed by atoms with Gasteiger partial charge in [0.05, 0.1) is 18.3 Å². The average Bonchev–Trinajstić information content (AvgIpc) is 2.45. The monoisotopic (exact) mass is 326 g/mol. The summed E-state index contributed by atoms with van der Waals surface area (Å²) in [6.45, 7) is 1.16. The Hall–Kier alpha value is -0.800. The molecule has 21 heavy (non-hydrogen) atoms. The van der Waals surface area contributed by atoms with Crippen LogP contribution in [0.15, 0.2) is 0 Å². The largest absolute Gasteiger partial charge is 0.373 e. The van der Waals surface area contributed by atoms with Gasteiger partial charge in [-0.05, 0) is 19.8 Å². The Bertz CT molecular complexity index is 497. The van der Waals surface area contributed by atoms with E-state index in [2.05, 4.69) is 4.74 Å². The first-order chi connectivity index (χ1) is 9.75. The van der Waals surface area contributed by atoms with Crippen molar-refractivity contribution >= 4 is 15.9 Å². The summed E-state index contributed by atoms with van der Waals surface area (Å²) in [5.74, 6) is -0.980. The quantitative estimate of drug-likeness (QED) is 0.757. The van der Waals surface area contributed by atoms with Crippen LogP contribution in [-0.2, 0) is 19.6 Å². The highest BCUT2D eigenvalue weighted by molar-refractivity contribution is 7.89. The number of rotatable bonds is 3. The van der Waals surface area contributed by atoms with Crippen LogP contribution in [-0.4, -0.2) is 68.2 Å². The van der Waals surface area contributed by atoms with Gasteiger partial charge < -0.3 is 9.64 Å². The predicted octanol–water partition coefficient (Wildman–Crippen LogP) is 0.500. The number of carbonyl (C=O) groups is 1. The molecular weight excluding hydrogens is 306 g/mol. The topological polar surface area (TPSA) is 66.9 Å². The van der Waals surface area contributed by atoms with Crippen molar-refractivity contribution in [3.05, 3.63) is 0 Å². The first kappa shape index (κ1) is 16.6. The number of ether oxygens (including phenoxy) is 1. The van der Waals surface area contributed by atoms with Gasteiger partial charge in [0, 0.05) is 19.6 Å². The Morgan fingerprint density at radius 1 is 1.38 bits per heavy atom. The lowest BCUT2D eigenvalue weighted by Gasteiger charge is -2.37. The van der Waals surface area contributed by atoms with Crippen molar-refractivity contribution in [2.24, 2.45) is 5.92 Å². The molecule has 2 fully saturated rings. The highest BCUT2D eigenvalue weighted by Crippen LogP contribution is 2.26. The minimum Gasteiger partial charge on any atom is -0.331 e. The molecule has 1 amide bonds. The summed E-state index contributed by atoms with van der Waals surface area (Å²) in [4.78, 5) is 13.4.